The minimum absolute atomic E-state index is 0.0345. The summed E-state index contributed by atoms with van der Waals surface area (Å²) in [6.07, 6.45) is 4.03. The summed E-state index contributed by atoms with van der Waals surface area (Å²) in [6, 6.07) is 7.65. The number of benzene rings is 1. The van der Waals surface area contributed by atoms with Crippen LogP contribution in [0, 0.1) is 16.7 Å². The summed E-state index contributed by atoms with van der Waals surface area (Å²) >= 11 is 0. The Bertz CT molecular complexity index is 889. The molecule has 2 atom stereocenters. The molecule has 4 rings (SSSR count). The maximum atomic E-state index is 13.3. The number of ether oxygens (including phenoxy) is 1. The highest BCUT2D eigenvalue weighted by atomic mass is 16.5. The third-order valence-electron chi connectivity index (χ3n) is 8.25. The SMILES string of the molecule is COc1ccc(CC(=O)N2CCC3(CC2)CC[C@@]2(C(=O)N(C)C)CN(C(C)=O)C[C@@H]32)cc1. The molecule has 0 radical (unpaired) electrons. The summed E-state index contributed by atoms with van der Waals surface area (Å²) in [5.41, 5.74) is 0.553. The van der Waals surface area contributed by atoms with Crippen LogP contribution in [0.1, 0.15) is 38.2 Å². The minimum atomic E-state index is -0.468. The molecule has 7 nitrogen and oxygen atoms in total. The summed E-state index contributed by atoms with van der Waals surface area (Å²) in [7, 11) is 5.26. The first-order valence-corrected chi connectivity index (χ1v) is 11.6. The second-order valence-electron chi connectivity index (χ2n) is 10.1. The highest BCUT2D eigenvalue weighted by Crippen LogP contribution is 2.62. The average molecular weight is 442 g/mol. The Morgan fingerprint density at radius 2 is 1.69 bits per heavy atom. The van der Waals surface area contributed by atoms with Crippen LogP contribution >= 0.6 is 0 Å². The van der Waals surface area contributed by atoms with Gasteiger partial charge in [-0.25, -0.2) is 0 Å². The molecule has 1 saturated carbocycles. The van der Waals surface area contributed by atoms with E-state index >= 15 is 0 Å². The van der Waals surface area contributed by atoms with Crippen LogP contribution < -0.4 is 4.74 Å². The predicted molar refractivity (Wildman–Crippen MR) is 121 cm³/mol. The van der Waals surface area contributed by atoms with Crippen molar-refractivity contribution >= 4 is 17.7 Å². The molecule has 32 heavy (non-hydrogen) atoms. The van der Waals surface area contributed by atoms with E-state index in [0.29, 0.717) is 19.5 Å². The third kappa shape index (κ3) is 3.76. The van der Waals surface area contributed by atoms with Crippen LogP contribution in [-0.4, -0.2) is 79.8 Å². The molecule has 3 fully saturated rings. The molecule has 0 unspecified atom stereocenters. The molecule has 1 aromatic rings. The smallest absolute Gasteiger partial charge is 0.230 e. The lowest BCUT2D eigenvalue weighted by Crippen LogP contribution is -2.49. The Labute approximate surface area is 190 Å². The van der Waals surface area contributed by atoms with Gasteiger partial charge in [-0.05, 0) is 54.7 Å². The number of hydrogen-bond donors (Lipinski definition) is 0. The van der Waals surface area contributed by atoms with Gasteiger partial charge in [0.1, 0.15) is 5.75 Å². The maximum absolute atomic E-state index is 13.3. The predicted octanol–water partition coefficient (Wildman–Crippen LogP) is 2.19. The molecule has 1 spiro atoms. The number of carbonyl (C=O) groups is 3. The first-order chi connectivity index (χ1) is 15.2. The fourth-order valence-corrected chi connectivity index (χ4v) is 6.43. The first kappa shape index (κ1) is 22.6. The molecular formula is C25H35N3O4. The number of amides is 3. The zero-order valence-corrected chi connectivity index (χ0v) is 19.7. The van der Waals surface area contributed by atoms with Crippen molar-refractivity contribution < 1.29 is 19.1 Å². The van der Waals surface area contributed by atoms with Crippen molar-refractivity contribution in [2.24, 2.45) is 16.7 Å². The second kappa shape index (κ2) is 8.41. The second-order valence-corrected chi connectivity index (χ2v) is 10.1. The Kier molecular flexibility index (Phi) is 5.94. The standard InChI is InChI=1S/C25H35N3O4/c1-18(29)28-16-21-24(9-10-25(21,17-28)23(31)26(2)3)11-13-27(14-12-24)22(30)15-19-5-7-20(32-4)8-6-19/h5-8,21H,9-17H2,1-4H3/t21-,25+/m0/s1. The Balaban J connectivity index is 1.45. The number of methoxy groups -OCH3 is 1. The molecule has 2 saturated heterocycles. The molecule has 0 bridgehead atoms. The molecule has 174 valence electrons. The van der Waals surface area contributed by atoms with Gasteiger partial charge in [0.15, 0.2) is 0 Å². The van der Waals surface area contributed by atoms with Crippen molar-refractivity contribution in [3.05, 3.63) is 29.8 Å². The summed E-state index contributed by atoms with van der Waals surface area (Å²) in [4.78, 5) is 43.9. The fourth-order valence-electron chi connectivity index (χ4n) is 6.43. The van der Waals surface area contributed by atoms with Gasteiger partial charge in [0.05, 0.1) is 18.9 Å². The summed E-state index contributed by atoms with van der Waals surface area (Å²) in [5, 5.41) is 0. The van der Waals surface area contributed by atoms with Crippen LogP contribution in [0.4, 0.5) is 0 Å². The first-order valence-electron chi connectivity index (χ1n) is 11.6. The largest absolute Gasteiger partial charge is 0.497 e. The lowest BCUT2D eigenvalue weighted by molar-refractivity contribution is -0.142. The molecule has 1 aliphatic carbocycles. The number of rotatable bonds is 4. The van der Waals surface area contributed by atoms with E-state index in [9.17, 15) is 14.4 Å². The van der Waals surface area contributed by atoms with E-state index < -0.39 is 5.41 Å². The number of hydrogen-bond acceptors (Lipinski definition) is 4. The van der Waals surface area contributed by atoms with Crippen LogP contribution in [0.25, 0.3) is 0 Å². The maximum Gasteiger partial charge on any atom is 0.230 e. The van der Waals surface area contributed by atoms with E-state index in [1.807, 2.05) is 48.2 Å². The molecular weight excluding hydrogens is 406 g/mol. The summed E-state index contributed by atoms with van der Waals surface area (Å²) in [5.74, 6) is 1.31. The molecule has 3 amide bonds. The number of likely N-dealkylation sites (tertiary alicyclic amines) is 2. The van der Waals surface area contributed by atoms with Gasteiger partial charge in [0.2, 0.25) is 17.7 Å². The van der Waals surface area contributed by atoms with E-state index in [2.05, 4.69) is 0 Å². The molecule has 0 N–H and O–H groups in total. The van der Waals surface area contributed by atoms with Crippen molar-refractivity contribution in [3.8, 4) is 5.75 Å². The molecule has 0 aromatic heterocycles. The van der Waals surface area contributed by atoms with Gasteiger partial charge in [-0.15, -0.1) is 0 Å². The Morgan fingerprint density at radius 1 is 1.03 bits per heavy atom. The molecule has 2 heterocycles. The van der Waals surface area contributed by atoms with Gasteiger partial charge >= 0.3 is 0 Å². The summed E-state index contributed by atoms with van der Waals surface area (Å²) in [6.45, 7) is 4.23. The van der Waals surface area contributed by atoms with Gasteiger partial charge in [-0.3, -0.25) is 14.4 Å². The number of piperidine rings is 1. The number of carbonyl (C=O) groups excluding carboxylic acids is 3. The number of fused-ring (bicyclic) bond motifs is 2. The van der Waals surface area contributed by atoms with E-state index in [0.717, 1.165) is 50.1 Å². The van der Waals surface area contributed by atoms with Crippen LogP contribution in [0.5, 0.6) is 5.75 Å². The van der Waals surface area contributed by atoms with E-state index in [4.69, 9.17) is 4.74 Å². The monoisotopic (exact) mass is 441 g/mol. The fraction of sp³-hybridized carbons (Fsp3) is 0.640. The number of nitrogens with zero attached hydrogens (tertiary/aromatic N) is 3. The van der Waals surface area contributed by atoms with Crippen molar-refractivity contribution in [2.45, 2.75) is 39.0 Å². The van der Waals surface area contributed by atoms with Crippen molar-refractivity contribution in [1.29, 1.82) is 0 Å². The van der Waals surface area contributed by atoms with Gasteiger partial charge in [-0.1, -0.05) is 12.1 Å². The van der Waals surface area contributed by atoms with E-state index in [-0.39, 0.29) is 29.1 Å². The zero-order valence-electron chi connectivity index (χ0n) is 19.7. The lowest BCUT2D eigenvalue weighted by Gasteiger charge is -2.44. The highest BCUT2D eigenvalue weighted by Gasteiger charge is 2.65. The van der Waals surface area contributed by atoms with Gasteiger partial charge in [0.25, 0.3) is 0 Å². The Morgan fingerprint density at radius 3 is 2.25 bits per heavy atom. The quantitative estimate of drug-likeness (QED) is 0.718. The van der Waals surface area contributed by atoms with E-state index in [1.54, 1.807) is 18.9 Å². The van der Waals surface area contributed by atoms with Gasteiger partial charge < -0.3 is 19.4 Å². The Hall–Kier alpha value is -2.57. The van der Waals surface area contributed by atoms with Crippen molar-refractivity contribution in [3.63, 3.8) is 0 Å². The zero-order chi connectivity index (χ0) is 23.1. The van der Waals surface area contributed by atoms with E-state index in [1.165, 1.54) is 0 Å². The normalized spacial score (nSPS) is 26.2. The topological polar surface area (TPSA) is 70.2 Å². The molecule has 3 aliphatic rings. The van der Waals surface area contributed by atoms with Gasteiger partial charge in [-0.2, -0.15) is 0 Å². The average Bonchev–Trinajstić information content (AvgIpc) is 3.31. The lowest BCUT2D eigenvalue weighted by atomic mass is 9.65. The molecule has 1 aromatic carbocycles. The third-order valence-corrected chi connectivity index (χ3v) is 8.25. The van der Waals surface area contributed by atoms with Crippen LogP contribution in [0.2, 0.25) is 0 Å². The minimum Gasteiger partial charge on any atom is -0.497 e. The van der Waals surface area contributed by atoms with Crippen LogP contribution in [-0.2, 0) is 20.8 Å². The summed E-state index contributed by atoms with van der Waals surface area (Å²) < 4.78 is 5.19. The molecule has 7 heteroatoms. The highest BCUT2D eigenvalue weighted by molar-refractivity contribution is 5.86. The van der Waals surface area contributed by atoms with Crippen molar-refractivity contribution in [1.82, 2.24) is 14.7 Å². The molecule has 2 aliphatic heterocycles. The van der Waals surface area contributed by atoms with Crippen LogP contribution in [0.15, 0.2) is 24.3 Å². The van der Waals surface area contributed by atoms with Crippen LogP contribution in [0.3, 0.4) is 0 Å². The van der Waals surface area contributed by atoms with Gasteiger partial charge in [0, 0.05) is 47.2 Å². The van der Waals surface area contributed by atoms with Crippen molar-refractivity contribution in [2.75, 3.05) is 47.4 Å².